The number of nitrogens with zero attached hydrogens (tertiary/aromatic N) is 4. The number of fused-ring (bicyclic) bond motifs is 10. The first-order valence-corrected chi connectivity index (χ1v) is 24.2. The van der Waals surface area contributed by atoms with Gasteiger partial charge in [0.05, 0.1) is 43.0 Å². The fourth-order valence-electron chi connectivity index (χ4n) is 12.7. The molecular weight excluding hydrogens is 811 g/mol. The van der Waals surface area contributed by atoms with Crippen molar-refractivity contribution < 1.29 is 19.1 Å². The number of rotatable bonds is 11. The molecule has 11 nitrogen and oxygen atoms in total. The van der Waals surface area contributed by atoms with Crippen molar-refractivity contribution in [2.45, 2.75) is 127 Å². The molecule has 3 N–H and O–H groups in total. The van der Waals surface area contributed by atoms with Crippen molar-refractivity contribution in [2.75, 3.05) is 20.2 Å². The predicted molar refractivity (Wildman–Crippen MR) is 252 cm³/mol. The molecule has 7 atom stereocenters. The third kappa shape index (κ3) is 7.11. The maximum absolute atomic E-state index is 13.7. The summed E-state index contributed by atoms with van der Waals surface area (Å²) in [5, 5.41) is 2.74. The van der Waals surface area contributed by atoms with E-state index < -0.39 is 12.1 Å². The average molecular weight is 872 g/mol. The summed E-state index contributed by atoms with van der Waals surface area (Å²) >= 11 is 0. The van der Waals surface area contributed by atoms with Crippen LogP contribution in [-0.2, 0) is 14.3 Å². The Balaban J connectivity index is 0.874. The molecule has 3 amide bonds. The molecule has 2 aliphatic heterocycles. The van der Waals surface area contributed by atoms with E-state index >= 15 is 0 Å². The molecule has 65 heavy (non-hydrogen) atoms. The lowest BCUT2D eigenvalue weighted by molar-refractivity contribution is -0.135. The molecule has 0 spiro atoms. The number of allylic oxidation sites excluding steroid dienone is 2. The number of imidazole rings is 2. The predicted octanol–water partition coefficient (Wildman–Crippen LogP) is 11.1. The van der Waals surface area contributed by atoms with E-state index in [0.717, 1.165) is 67.2 Å². The van der Waals surface area contributed by atoms with E-state index in [2.05, 4.69) is 94.7 Å². The van der Waals surface area contributed by atoms with E-state index in [1.165, 1.54) is 70.9 Å². The van der Waals surface area contributed by atoms with Crippen LogP contribution in [0.1, 0.15) is 155 Å². The van der Waals surface area contributed by atoms with Crippen LogP contribution in [0.4, 0.5) is 4.79 Å². The van der Waals surface area contributed by atoms with Gasteiger partial charge in [-0.15, -0.1) is 0 Å². The molecule has 2 saturated heterocycles. The lowest BCUT2D eigenvalue weighted by Crippen LogP contribution is -2.51. The number of hydrogen-bond acceptors (Lipinski definition) is 6. The maximum Gasteiger partial charge on any atom is 0.407 e. The Kier molecular flexibility index (Phi) is 10.6. The van der Waals surface area contributed by atoms with Gasteiger partial charge in [-0.25, -0.2) is 14.8 Å². The van der Waals surface area contributed by atoms with Crippen molar-refractivity contribution in [1.82, 2.24) is 35.1 Å². The van der Waals surface area contributed by atoms with Gasteiger partial charge in [-0.2, -0.15) is 0 Å². The lowest BCUT2D eigenvalue weighted by atomic mass is 9.78. The number of aromatic nitrogens is 4. The summed E-state index contributed by atoms with van der Waals surface area (Å²) in [5.41, 5.74) is 15.7. The lowest BCUT2D eigenvalue weighted by Gasteiger charge is -2.30. The minimum absolute atomic E-state index is 0.0207. The molecule has 7 unspecified atom stereocenters. The number of methoxy groups -OCH3 is 1. The van der Waals surface area contributed by atoms with Crippen LogP contribution >= 0.6 is 0 Å². The molecule has 11 rings (SSSR count). The van der Waals surface area contributed by atoms with E-state index in [4.69, 9.17) is 14.7 Å². The third-order valence-electron chi connectivity index (χ3n) is 15.6. The highest BCUT2D eigenvalue weighted by Crippen LogP contribution is 2.61. The Morgan fingerprint density at radius 3 is 1.89 bits per heavy atom. The quantitative estimate of drug-likeness (QED) is 0.113. The van der Waals surface area contributed by atoms with Gasteiger partial charge in [-0.1, -0.05) is 88.4 Å². The topological polar surface area (TPSA) is 136 Å². The first-order valence-electron chi connectivity index (χ1n) is 24.2. The zero-order valence-electron chi connectivity index (χ0n) is 38.3. The van der Waals surface area contributed by atoms with Crippen LogP contribution in [0.15, 0.2) is 73.1 Å². The molecule has 4 bridgehead atoms. The molecule has 336 valence electrons. The highest BCUT2D eigenvalue weighted by Gasteiger charge is 2.44. The fourth-order valence-corrected chi connectivity index (χ4v) is 12.7. The highest BCUT2D eigenvalue weighted by atomic mass is 16.5. The number of hydrogen-bond donors (Lipinski definition) is 3. The van der Waals surface area contributed by atoms with Crippen molar-refractivity contribution in [2.24, 2.45) is 11.8 Å². The van der Waals surface area contributed by atoms with Crippen LogP contribution in [0, 0.1) is 11.8 Å². The molecule has 6 aliphatic rings. The van der Waals surface area contributed by atoms with Gasteiger partial charge in [0.25, 0.3) is 0 Å². The van der Waals surface area contributed by atoms with Crippen molar-refractivity contribution in [3.05, 3.63) is 107 Å². The first kappa shape index (κ1) is 41.7. The van der Waals surface area contributed by atoms with Crippen LogP contribution in [-0.4, -0.2) is 73.9 Å². The number of likely N-dealkylation sites (tertiary alicyclic amines) is 2. The number of aromatic amines is 2. The van der Waals surface area contributed by atoms with Gasteiger partial charge in [0.2, 0.25) is 11.8 Å². The van der Waals surface area contributed by atoms with Crippen molar-refractivity contribution in [1.29, 1.82) is 0 Å². The summed E-state index contributed by atoms with van der Waals surface area (Å²) < 4.78 is 4.81. The summed E-state index contributed by atoms with van der Waals surface area (Å²) in [4.78, 5) is 59.9. The number of carbonyl (C=O) groups excluding carboxylic acids is 3. The monoisotopic (exact) mass is 871 g/mol. The summed E-state index contributed by atoms with van der Waals surface area (Å²) in [7, 11) is 1.31. The second-order valence-corrected chi connectivity index (χ2v) is 20.3. The molecule has 1 saturated carbocycles. The molecule has 0 radical (unpaired) electrons. The molecule has 4 heterocycles. The van der Waals surface area contributed by atoms with E-state index in [-0.39, 0.29) is 29.8 Å². The van der Waals surface area contributed by atoms with E-state index in [9.17, 15) is 14.4 Å². The van der Waals surface area contributed by atoms with Crippen LogP contribution in [0.5, 0.6) is 0 Å². The number of amides is 3. The highest BCUT2D eigenvalue weighted by molar-refractivity contribution is 5.88. The summed E-state index contributed by atoms with van der Waals surface area (Å²) in [6.07, 6.45) is 17.2. The number of benzene rings is 3. The maximum atomic E-state index is 13.7. The SMILES string of the molecule is COC(=O)NC(C(=O)N1CCCC1c1ncc(-c2ccc(-c3ccc(-c4ccc(-c5cnc(C6CCCN6C(=O)CC(C)C)[nH]5)c5c4C4CCC5C4)c4c3C3C=CC4C3)cc2)[nH]1)C(C)C. The van der Waals surface area contributed by atoms with E-state index in [1.807, 2.05) is 31.1 Å². The van der Waals surface area contributed by atoms with Gasteiger partial charge >= 0.3 is 6.09 Å². The van der Waals surface area contributed by atoms with Gasteiger partial charge in [0, 0.05) is 36.9 Å². The Bertz CT molecular complexity index is 2710. The molecule has 3 aromatic carbocycles. The van der Waals surface area contributed by atoms with Gasteiger partial charge in [0.15, 0.2) is 0 Å². The molecule has 4 aliphatic carbocycles. The number of ether oxygens (including phenoxy) is 1. The largest absolute Gasteiger partial charge is 0.453 e. The number of nitrogens with one attached hydrogen (secondary N) is 3. The van der Waals surface area contributed by atoms with Gasteiger partial charge in [0.1, 0.15) is 17.7 Å². The zero-order valence-corrected chi connectivity index (χ0v) is 38.3. The molecule has 5 aromatic rings. The summed E-state index contributed by atoms with van der Waals surface area (Å²) in [6.45, 7) is 9.51. The number of H-pyrrole nitrogens is 2. The van der Waals surface area contributed by atoms with Gasteiger partial charge < -0.3 is 29.8 Å². The smallest absolute Gasteiger partial charge is 0.407 e. The van der Waals surface area contributed by atoms with Crippen molar-refractivity contribution in [3.8, 4) is 44.8 Å². The first-order chi connectivity index (χ1) is 31.6. The Morgan fingerprint density at radius 1 is 0.677 bits per heavy atom. The van der Waals surface area contributed by atoms with Gasteiger partial charge in [-0.3, -0.25) is 9.59 Å². The van der Waals surface area contributed by atoms with Crippen LogP contribution in [0.3, 0.4) is 0 Å². The van der Waals surface area contributed by atoms with Crippen molar-refractivity contribution >= 4 is 17.9 Å². The Labute approximate surface area is 381 Å². The second kappa shape index (κ2) is 16.5. The third-order valence-corrected chi connectivity index (χ3v) is 15.6. The van der Waals surface area contributed by atoms with Gasteiger partial charge in [-0.05, 0) is 125 Å². The summed E-state index contributed by atoms with van der Waals surface area (Å²) in [5.74, 6) is 4.02. The standard InChI is InChI=1S/C54H61N7O4/c1-29(2)24-45(62)60-22-6-8-43(60)51-56-28-42(58-51)40-21-20-39(48-35-16-17-36(26-35)49(40)48)38-19-18-37(46-33-14-15-34(25-33)47(38)46)31-10-12-32(13-11-31)41-27-55-52(57-41)44-9-7-23-61(44)53(63)50(30(3)4)59-54(64)65-5/h10-15,18-21,27-30,33-36,43-44,50H,6-9,16-17,22-26H2,1-5H3,(H,55,57)(H,56,58)(H,59,64). The van der Waals surface area contributed by atoms with Crippen LogP contribution in [0.2, 0.25) is 0 Å². The number of alkyl carbamates (subject to hydrolysis) is 1. The molecular formula is C54H61N7O4. The molecule has 3 fully saturated rings. The normalized spacial score (nSPS) is 24.1. The minimum Gasteiger partial charge on any atom is -0.453 e. The fraction of sp³-hybridized carbons (Fsp3) is 0.463. The van der Waals surface area contributed by atoms with E-state index in [0.29, 0.717) is 42.6 Å². The molecule has 2 aromatic heterocycles. The number of carbonyl (C=O) groups is 3. The molecule has 11 heteroatoms. The minimum atomic E-state index is -0.674. The van der Waals surface area contributed by atoms with Crippen LogP contribution in [0.25, 0.3) is 44.8 Å². The van der Waals surface area contributed by atoms with Crippen LogP contribution < -0.4 is 5.32 Å². The average Bonchev–Trinajstić information content (AvgIpc) is 4.17. The summed E-state index contributed by atoms with van der Waals surface area (Å²) in [6, 6.07) is 17.6. The van der Waals surface area contributed by atoms with Crippen molar-refractivity contribution in [3.63, 3.8) is 0 Å². The Morgan fingerprint density at radius 2 is 1.23 bits per heavy atom. The second-order valence-electron chi connectivity index (χ2n) is 20.3. The zero-order chi connectivity index (χ0) is 44.7. The Hall–Kier alpha value is -5.97. The van der Waals surface area contributed by atoms with E-state index in [1.54, 1.807) is 5.56 Å².